The molecule has 0 amide bonds. The first-order valence-corrected chi connectivity index (χ1v) is 4.36. The van der Waals surface area contributed by atoms with Crippen LogP contribution in [0.15, 0.2) is 24.5 Å². The van der Waals surface area contributed by atoms with E-state index in [1.165, 1.54) is 0 Å². The second kappa shape index (κ2) is 6.19. The monoisotopic (exact) mass is 221 g/mol. The molecule has 0 fully saturated rings. The maximum atomic E-state index is 9.57. The molecule has 13 heavy (non-hydrogen) atoms. The van der Waals surface area contributed by atoms with Crippen molar-refractivity contribution in [3.05, 3.63) is 30.1 Å². The van der Waals surface area contributed by atoms with E-state index in [-0.39, 0.29) is 17.8 Å². The smallest absolute Gasteiger partial charge is 0.0818 e. The van der Waals surface area contributed by atoms with Gasteiger partial charge in [0.05, 0.1) is 6.10 Å². The van der Waals surface area contributed by atoms with Crippen LogP contribution in [0.25, 0.3) is 0 Å². The summed E-state index contributed by atoms with van der Waals surface area (Å²) in [6.45, 7) is 1.86. The van der Waals surface area contributed by atoms with Gasteiger partial charge in [0.2, 0.25) is 0 Å². The molecule has 1 aromatic heterocycles. The van der Waals surface area contributed by atoms with Crippen LogP contribution < -0.4 is 0 Å². The molecule has 0 aliphatic carbocycles. The average molecular weight is 222 g/mol. The van der Waals surface area contributed by atoms with Crippen molar-refractivity contribution in [2.75, 3.05) is 0 Å². The van der Waals surface area contributed by atoms with Crippen molar-refractivity contribution in [2.45, 2.75) is 24.8 Å². The Labute approximate surface area is 89.4 Å². The first-order chi connectivity index (χ1) is 5.70. The van der Waals surface area contributed by atoms with Gasteiger partial charge in [-0.15, -0.1) is 24.0 Å². The molecule has 1 N–H and O–H groups in total. The third-order valence-electron chi connectivity index (χ3n) is 1.62. The van der Waals surface area contributed by atoms with Gasteiger partial charge in [-0.3, -0.25) is 4.98 Å². The highest BCUT2D eigenvalue weighted by molar-refractivity contribution is 6.20. The number of alkyl halides is 1. The molecule has 1 rings (SSSR count). The van der Waals surface area contributed by atoms with Gasteiger partial charge in [0.25, 0.3) is 0 Å². The summed E-state index contributed by atoms with van der Waals surface area (Å²) in [5.41, 5.74) is 0.824. The van der Waals surface area contributed by atoms with Crippen molar-refractivity contribution >= 4 is 24.0 Å². The van der Waals surface area contributed by atoms with Crippen LogP contribution in [0.5, 0.6) is 0 Å². The Hall–Kier alpha value is -0.310. The van der Waals surface area contributed by atoms with Gasteiger partial charge < -0.3 is 5.11 Å². The SMILES string of the molecule is CC(Cl)CC(O)c1cccnc1.Cl. The van der Waals surface area contributed by atoms with Gasteiger partial charge in [0.15, 0.2) is 0 Å². The topological polar surface area (TPSA) is 33.1 Å². The summed E-state index contributed by atoms with van der Waals surface area (Å²) in [5.74, 6) is 0. The van der Waals surface area contributed by atoms with E-state index in [1.807, 2.05) is 13.0 Å². The average Bonchev–Trinajstić information content (AvgIpc) is 2.05. The third kappa shape index (κ3) is 4.46. The molecule has 0 bridgehead atoms. The molecular weight excluding hydrogens is 209 g/mol. The van der Waals surface area contributed by atoms with Gasteiger partial charge in [-0.05, 0) is 25.0 Å². The van der Waals surface area contributed by atoms with E-state index in [0.29, 0.717) is 6.42 Å². The van der Waals surface area contributed by atoms with Crippen LogP contribution in [0.2, 0.25) is 0 Å². The highest BCUT2D eigenvalue weighted by atomic mass is 35.5. The number of rotatable bonds is 3. The fourth-order valence-corrected chi connectivity index (χ4v) is 1.19. The summed E-state index contributed by atoms with van der Waals surface area (Å²) in [5, 5.41) is 9.55. The molecule has 2 unspecified atom stereocenters. The van der Waals surface area contributed by atoms with Gasteiger partial charge in [-0.25, -0.2) is 0 Å². The molecule has 0 saturated heterocycles. The molecule has 0 aromatic carbocycles. The summed E-state index contributed by atoms with van der Waals surface area (Å²) in [6.07, 6.45) is 3.41. The van der Waals surface area contributed by atoms with Crippen molar-refractivity contribution < 1.29 is 5.11 Å². The number of aliphatic hydroxyl groups excluding tert-OH is 1. The zero-order chi connectivity index (χ0) is 8.97. The largest absolute Gasteiger partial charge is 0.388 e. The molecule has 0 aliphatic rings. The lowest BCUT2D eigenvalue weighted by Crippen LogP contribution is -2.03. The lowest BCUT2D eigenvalue weighted by Gasteiger charge is -2.10. The minimum Gasteiger partial charge on any atom is -0.388 e. The van der Waals surface area contributed by atoms with E-state index in [1.54, 1.807) is 18.5 Å². The van der Waals surface area contributed by atoms with E-state index >= 15 is 0 Å². The molecule has 0 saturated carbocycles. The minimum atomic E-state index is -0.494. The van der Waals surface area contributed by atoms with E-state index in [0.717, 1.165) is 5.56 Å². The van der Waals surface area contributed by atoms with E-state index in [2.05, 4.69) is 4.98 Å². The number of aliphatic hydroxyl groups is 1. The summed E-state index contributed by atoms with van der Waals surface area (Å²) in [4.78, 5) is 3.91. The number of aromatic nitrogens is 1. The molecule has 1 heterocycles. The first kappa shape index (κ1) is 12.7. The molecular formula is C9H13Cl2NO. The Balaban J connectivity index is 0.00000144. The Bertz CT molecular complexity index is 228. The molecule has 0 spiro atoms. The number of halogens is 2. The zero-order valence-corrected chi connectivity index (χ0v) is 8.92. The molecule has 4 heteroatoms. The molecule has 74 valence electrons. The molecule has 2 nitrogen and oxygen atoms in total. The second-order valence-electron chi connectivity index (χ2n) is 2.82. The predicted molar refractivity (Wildman–Crippen MR) is 56.4 cm³/mol. The summed E-state index contributed by atoms with van der Waals surface area (Å²) in [7, 11) is 0. The van der Waals surface area contributed by atoms with Crippen molar-refractivity contribution in [1.29, 1.82) is 0 Å². The van der Waals surface area contributed by atoms with Crippen molar-refractivity contribution in [1.82, 2.24) is 4.98 Å². The van der Waals surface area contributed by atoms with Crippen LogP contribution in [0.3, 0.4) is 0 Å². The van der Waals surface area contributed by atoms with Gasteiger partial charge in [0, 0.05) is 17.8 Å². The lowest BCUT2D eigenvalue weighted by atomic mass is 10.1. The van der Waals surface area contributed by atoms with Crippen LogP contribution in [0.4, 0.5) is 0 Å². The van der Waals surface area contributed by atoms with Gasteiger partial charge in [0.1, 0.15) is 0 Å². The molecule has 1 aromatic rings. The number of pyridine rings is 1. The van der Waals surface area contributed by atoms with Gasteiger partial charge in [-0.2, -0.15) is 0 Å². The number of hydrogen-bond donors (Lipinski definition) is 1. The fourth-order valence-electron chi connectivity index (χ4n) is 1.02. The summed E-state index contributed by atoms with van der Waals surface area (Å²) < 4.78 is 0. The lowest BCUT2D eigenvalue weighted by molar-refractivity contribution is 0.167. The highest BCUT2D eigenvalue weighted by Gasteiger charge is 2.09. The molecule has 2 atom stereocenters. The van der Waals surface area contributed by atoms with Gasteiger partial charge in [-0.1, -0.05) is 6.07 Å². The van der Waals surface area contributed by atoms with Crippen molar-refractivity contribution in [2.24, 2.45) is 0 Å². The van der Waals surface area contributed by atoms with Crippen molar-refractivity contribution in [3.8, 4) is 0 Å². The summed E-state index contributed by atoms with van der Waals surface area (Å²) in [6, 6.07) is 3.65. The Morgan fingerprint density at radius 2 is 2.31 bits per heavy atom. The van der Waals surface area contributed by atoms with Crippen LogP contribution in [-0.2, 0) is 0 Å². The molecule has 0 aliphatic heterocycles. The maximum Gasteiger partial charge on any atom is 0.0818 e. The first-order valence-electron chi connectivity index (χ1n) is 3.92. The van der Waals surface area contributed by atoms with Gasteiger partial charge >= 0.3 is 0 Å². The minimum absolute atomic E-state index is 0. The number of hydrogen-bond acceptors (Lipinski definition) is 2. The Kier molecular flexibility index (Phi) is 6.04. The normalized spacial score (nSPS) is 14.4. The summed E-state index contributed by atoms with van der Waals surface area (Å²) >= 11 is 5.74. The zero-order valence-electron chi connectivity index (χ0n) is 7.35. The standard InChI is InChI=1S/C9H12ClNO.ClH/c1-7(10)5-9(12)8-3-2-4-11-6-8;/h2-4,6-7,9,12H,5H2,1H3;1H. The third-order valence-corrected chi connectivity index (χ3v) is 1.80. The quantitative estimate of drug-likeness (QED) is 0.797. The van der Waals surface area contributed by atoms with Crippen LogP contribution in [0, 0.1) is 0 Å². The van der Waals surface area contributed by atoms with E-state index in [4.69, 9.17) is 11.6 Å². The maximum absolute atomic E-state index is 9.57. The van der Waals surface area contributed by atoms with Crippen LogP contribution in [0.1, 0.15) is 25.0 Å². The van der Waals surface area contributed by atoms with E-state index in [9.17, 15) is 5.11 Å². The Morgan fingerprint density at radius 1 is 1.62 bits per heavy atom. The van der Waals surface area contributed by atoms with Crippen LogP contribution in [-0.4, -0.2) is 15.5 Å². The van der Waals surface area contributed by atoms with Crippen LogP contribution >= 0.6 is 24.0 Å². The fraction of sp³-hybridized carbons (Fsp3) is 0.444. The second-order valence-corrected chi connectivity index (χ2v) is 3.56. The molecule has 0 radical (unpaired) electrons. The highest BCUT2D eigenvalue weighted by Crippen LogP contribution is 2.18. The number of nitrogens with zero attached hydrogens (tertiary/aromatic N) is 1. The van der Waals surface area contributed by atoms with Crippen molar-refractivity contribution in [3.63, 3.8) is 0 Å². The predicted octanol–water partition coefficient (Wildman–Crippen LogP) is 2.55. The Morgan fingerprint density at radius 3 is 2.77 bits per heavy atom. The van der Waals surface area contributed by atoms with E-state index < -0.39 is 6.10 Å².